The highest BCUT2D eigenvalue weighted by molar-refractivity contribution is 5.82. The number of likely N-dealkylation sites (N-methyl/N-ethyl adjacent to an activating group) is 1. The normalized spacial score (nSPS) is 12.8. The first-order chi connectivity index (χ1) is 8.76. The Morgan fingerprint density at radius 3 is 2.83 bits per heavy atom. The Balaban J connectivity index is 2.52. The van der Waals surface area contributed by atoms with Gasteiger partial charge in [-0.25, -0.2) is 0 Å². The van der Waals surface area contributed by atoms with Crippen LogP contribution in [0.2, 0.25) is 0 Å². The zero-order valence-corrected chi connectivity index (χ0v) is 11.2. The van der Waals surface area contributed by atoms with Crippen molar-refractivity contribution in [3.8, 4) is 0 Å². The number of rotatable bonds is 5. The number of nitrogens with one attached hydrogen (secondary N) is 1. The number of aryl methyl sites for hydroxylation is 1. The molecule has 0 aliphatic carbocycles. The summed E-state index contributed by atoms with van der Waals surface area (Å²) >= 11 is 0. The standard InChI is InChI=1S/C15H20N2O/c1-4-16-15(10-18-3)13-9-11(2)17-14-8-6-5-7-12(13)14/h5-9,15-16H,4,10H2,1-3H3. The van der Waals surface area contributed by atoms with Crippen LogP contribution in [0.15, 0.2) is 30.3 Å². The van der Waals surface area contributed by atoms with Gasteiger partial charge in [0.25, 0.3) is 0 Å². The fourth-order valence-corrected chi connectivity index (χ4v) is 2.30. The van der Waals surface area contributed by atoms with Gasteiger partial charge in [-0.2, -0.15) is 0 Å². The molecule has 2 aromatic rings. The molecule has 0 spiro atoms. The maximum Gasteiger partial charge on any atom is 0.0708 e. The first kappa shape index (κ1) is 13.0. The van der Waals surface area contributed by atoms with E-state index in [4.69, 9.17) is 4.74 Å². The van der Waals surface area contributed by atoms with Gasteiger partial charge in [-0.15, -0.1) is 0 Å². The lowest BCUT2D eigenvalue weighted by Crippen LogP contribution is -2.25. The summed E-state index contributed by atoms with van der Waals surface area (Å²) in [5, 5.41) is 4.67. The lowest BCUT2D eigenvalue weighted by molar-refractivity contribution is 0.168. The fraction of sp³-hybridized carbons (Fsp3) is 0.400. The number of hydrogen-bond donors (Lipinski definition) is 1. The second kappa shape index (κ2) is 5.94. The molecule has 0 bridgehead atoms. The summed E-state index contributed by atoms with van der Waals surface area (Å²) in [5.74, 6) is 0. The minimum atomic E-state index is 0.214. The topological polar surface area (TPSA) is 34.1 Å². The minimum absolute atomic E-state index is 0.214. The van der Waals surface area contributed by atoms with Crippen molar-refractivity contribution in [2.75, 3.05) is 20.3 Å². The lowest BCUT2D eigenvalue weighted by atomic mass is 10.0. The van der Waals surface area contributed by atoms with Crippen LogP contribution in [0.25, 0.3) is 10.9 Å². The van der Waals surface area contributed by atoms with E-state index in [-0.39, 0.29) is 6.04 Å². The molecule has 1 unspecified atom stereocenters. The van der Waals surface area contributed by atoms with E-state index in [2.05, 4.69) is 41.5 Å². The van der Waals surface area contributed by atoms with Gasteiger partial charge in [0.2, 0.25) is 0 Å². The maximum atomic E-state index is 5.32. The molecule has 96 valence electrons. The van der Waals surface area contributed by atoms with E-state index in [1.165, 1.54) is 10.9 Å². The quantitative estimate of drug-likeness (QED) is 0.878. The molecule has 1 aromatic heterocycles. The highest BCUT2D eigenvalue weighted by Crippen LogP contribution is 2.24. The van der Waals surface area contributed by atoms with E-state index >= 15 is 0 Å². The molecule has 0 radical (unpaired) electrons. The highest BCUT2D eigenvalue weighted by Gasteiger charge is 2.14. The van der Waals surface area contributed by atoms with Crippen LogP contribution in [0, 0.1) is 6.92 Å². The predicted molar refractivity (Wildman–Crippen MR) is 74.8 cm³/mol. The van der Waals surface area contributed by atoms with E-state index in [0.29, 0.717) is 6.61 Å². The van der Waals surface area contributed by atoms with Crippen LogP contribution in [-0.4, -0.2) is 25.2 Å². The Morgan fingerprint density at radius 2 is 2.11 bits per heavy atom. The number of pyridine rings is 1. The van der Waals surface area contributed by atoms with Crippen molar-refractivity contribution in [2.45, 2.75) is 19.9 Å². The van der Waals surface area contributed by atoms with Crippen LogP contribution >= 0.6 is 0 Å². The molecule has 0 aliphatic rings. The molecule has 1 atom stereocenters. The van der Waals surface area contributed by atoms with Crippen LogP contribution in [0.3, 0.4) is 0 Å². The minimum Gasteiger partial charge on any atom is -0.383 e. The zero-order chi connectivity index (χ0) is 13.0. The van der Waals surface area contributed by atoms with Gasteiger partial charge in [0.15, 0.2) is 0 Å². The van der Waals surface area contributed by atoms with Crippen molar-refractivity contribution in [1.82, 2.24) is 10.3 Å². The highest BCUT2D eigenvalue weighted by atomic mass is 16.5. The third-order valence-corrected chi connectivity index (χ3v) is 3.04. The van der Waals surface area contributed by atoms with E-state index in [1.54, 1.807) is 7.11 Å². The predicted octanol–water partition coefficient (Wildman–Crippen LogP) is 2.84. The molecule has 18 heavy (non-hydrogen) atoms. The molecule has 3 heteroatoms. The molecule has 0 saturated carbocycles. The summed E-state index contributed by atoms with van der Waals surface area (Å²) in [5.41, 5.74) is 3.36. The molecule has 0 fully saturated rings. The second-order valence-corrected chi connectivity index (χ2v) is 4.44. The van der Waals surface area contributed by atoms with Crippen LogP contribution < -0.4 is 5.32 Å². The Morgan fingerprint density at radius 1 is 1.33 bits per heavy atom. The van der Waals surface area contributed by atoms with Crippen LogP contribution in [0.1, 0.15) is 24.2 Å². The number of hydrogen-bond acceptors (Lipinski definition) is 3. The SMILES string of the molecule is CCNC(COC)c1cc(C)nc2ccccc12. The monoisotopic (exact) mass is 244 g/mol. The number of methoxy groups -OCH3 is 1. The summed E-state index contributed by atoms with van der Waals surface area (Å²) in [4.78, 5) is 4.57. The number of aromatic nitrogens is 1. The molecule has 1 N–H and O–H groups in total. The van der Waals surface area contributed by atoms with Gasteiger partial charge in [0.05, 0.1) is 18.2 Å². The average Bonchev–Trinajstić information content (AvgIpc) is 2.37. The molecule has 0 aliphatic heterocycles. The molecule has 0 amide bonds. The van der Waals surface area contributed by atoms with Crippen molar-refractivity contribution in [1.29, 1.82) is 0 Å². The third kappa shape index (κ3) is 2.68. The van der Waals surface area contributed by atoms with Gasteiger partial charge in [-0.1, -0.05) is 25.1 Å². The number of ether oxygens (including phenoxy) is 1. The molecular weight excluding hydrogens is 224 g/mol. The number of nitrogens with zero attached hydrogens (tertiary/aromatic N) is 1. The molecule has 1 aromatic carbocycles. The fourth-order valence-electron chi connectivity index (χ4n) is 2.30. The Kier molecular flexibility index (Phi) is 4.28. The van der Waals surface area contributed by atoms with E-state index in [1.807, 2.05) is 13.0 Å². The van der Waals surface area contributed by atoms with Crippen molar-refractivity contribution in [2.24, 2.45) is 0 Å². The third-order valence-electron chi connectivity index (χ3n) is 3.04. The summed E-state index contributed by atoms with van der Waals surface area (Å²) in [7, 11) is 1.74. The number of fused-ring (bicyclic) bond motifs is 1. The van der Waals surface area contributed by atoms with Gasteiger partial charge in [-0.3, -0.25) is 4.98 Å². The van der Waals surface area contributed by atoms with Crippen molar-refractivity contribution in [3.05, 3.63) is 41.6 Å². The van der Waals surface area contributed by atoms with Crippen molar-refractivity contribution >= 4 is 10.9 Å². The molecular formula is C15H20N2O. The van der Waals surface area contributed by atoms with Gasteiger partial charge >= 0.3 is 0 Å². The van der Waals surface area contributed by atoms with Gasteiger partial charge in [-0.05, 0) is 31.2 Å². The molecule has 2 rings (SSSR count). The van der Waals surface area contributed by atoms with E-state index in [0.717, 1.165) is 17.8 Å². The zero-order valence-electron chi connectivity index (χ0n) is 11.2. The first-order valence-corrected chi connectivity index (χ1v) is 6.35. The van der Waals surface area contributed by atoms with E-state index < -0.39 is 0 Å². The molecule has 3 nitrogen and oxygen atoms in total. The Hall–Kier alpha value is -1.45. The Labute approximate surface area is 108 Å². The largest absolute Gasteiger partial charge is 0.383 e. The second-order valence-electron chi connectivity index (χ2n) is 4.44. The van der Waals surface area contributed by atoms with Gasteiger partial charge in [0.1, 0.15) is 0 Å². The molecule has 1 heterocycles. The summed E-state index contributed by atoms with van der Waals surface area (Å²) in [6.07, 6.45) is 0. The van der Waals surface area contributed by atoms with Crippen molar-refractivity contribution < 1.29 is 4.74 Å². The van der Waals surface area contributed by atoms with E-state index in [9.17, 15) is 0 Å². The average molecular weight is 244 g/mol. The smallest absolute Gasteiger partial charge is 0.0708 e. The summed E-state index contributed by atoms with van der Waals surface area (Å²) in [6.45, 7) is 5.73. The lowest BCUT2D eigenvalue weighted by Gasteiger charge is -2.19. The summed E-state index contributed by atoms with van der Waals surface area (Å²) < 4.78 is 5.32. The van der Waals surface area contributed by atoms with Crippen LogP contribution in [-0.2, 0) is 4.74 Å². The van der Waals surface area contributed by atoms with Crippen LogP contribution in [0.5, 0.6) is 0 Å². The first-order valence-electron chi connectivity index (χ1n) is 6.35. The van der Waals surface area contributed by atoms with Gasteiger partial charge < -0.3 is 10.1 Å². The number of para-hydroxylation sites is 1. The maximum absolute atomic E-state index is 5.32. The van der Waals surface area contributed by atoms with Gasteiger partial charge in [0, 0.05) is 18.2 Å². The number of benzene rings is 1. The summed E-state index contributed by atoms with van der Waals surface area (Å²) in [6, 6.07) is 10.6. The molecule has 0 saturated heterocycles. The van der Waals surface area contributed by atoms with Crippen LogP contribution in [0.4, 0.5) is 0 Å². The van der Waals surface area contributed by atoms with Crippen molar-refractivity contribution in [3.63, 3.8) is 0 Å². The Bertz CT molecular complexity index is 519.